The van der Waals surface area contributed by atoms with Crippen molar-refractivity contribution in [3.8, 4) is 0 Å². The van der Waals surface area contributed by atoms with Crippen LogP contribution in [-0.2, 0) is 19.0 Å². The van der Waals surface area contributed by atoms with Gasteiger partial charge in [0, 0.05) is 25.5 Å². The number of likely N-dealkylation sites (tertiary alicyclic amines) is 1. The number of nitrogens with zero attached hydrogens (tertiary/aromatic N) is 1. The van der Waals surface area contributed by atoms with Crippen LogP contribution in [0.25, 0.3) is 0 Å². The van der Waals surface area contributed by atoms with E-state index in [2.05, 4.69) is 0 Å². The Morgan fingerprint density at radius 2 is 2.20 bits per heavy atom. The standard InChI is InChI=1S/C14H21NO5/c1-9-13(20-8-18-2)6-10-4-5-11(16)7-12(10)15(9)14(17)19-3/h4-5,9-10,12-13H,6-8H2,1-3H3/t9-,10+,12+,13-/m0/s1. The maximum absolute atomic E-state index is 12.0. The van der Waals surface area contributed by atoms with Crippen LogP contribution in [0, 0.1) is 5.92 Å². The fourth-order valence-corrected chi connectivity index (χ4v) is 3.04. The average molecular weight is 283 g/mol. The third-order valence-electron chi connectivity index (χ3n) is 4.06. The van der Waals surface area contributed by atoms with Crippen LogP contribution in [0.5, 0.6) is 0 Å². The lowest BCUT2D eigenvalue weighted by molar-refractivity contribution is -0.131. The number of ether oxygens (including phenoxy) is 3. The van der Waals surface area contributed by atoms with Crippen LogP contribution >= 0.6 is 0 Å². The molecule has 1 aliphatic heterocycles. The van der Waals surface area contributed by atoms with Crippen LogP contribution < -0.4 is 0 Å². The zero-order valence-corrected chi connectivity index (χ0v) is 12.1. The number of hydrogen-bond acceptors (Lipinski definition) is 5. The molecule has 0 aromatic heterocycles. The summed E-state index contributed by atoms with van der Waals surface area (Å²) in [6.07, 6.45) is 4.04. The van der Waals surface area contributed by atoms with Crippen molar-refractivity contribution in [1.82, 2.24) is 4.90 Å². The second-order valence-corrected chi connectivity index (χ2v) is 5.23. The van der Waals surface area contributed by atoms with Gasteiger partial charge in [0.2, 0.25) is 0 Å². The zero-order valence-electron chi connectivity index (χ0n) is 12.1. The molecule has 1 fully saturated rings. The number of rotatable bonds is 3. The Hall–Kier alpha value is -1.40. The summed E-state index contributed by atoms with van der Waals surface area (Å²) in [4.78, 5) is 25.3. The van der Waals surface area contributed by atoms with E-state index in [1.165, 1.54) is 7.11 Å². The van der Waals surface area contributed by atoms with E-state index in [1.807, 2.05) is 13.0 Å². The SMILES string of the molecule is COCO[C@H]1C[C@H]2C=CC(=O)C[C@H]2N(C(=O)OC)[C@H]1C. The first kappa shape index (κ1) is 15.0. The van der Waals surface area contributed by atoms with E-state index in [1.54, 1.807) is 18.1 Å². The summed E-state index contributed by atoms with van der Waals surface area (Å²) in [5.74, 6) is 0.161. The largest absolute Gasteiger partial charge is 0.453 e. The van der Waals surface area contributed by atoms with E-state index >= 15 is 0 Å². The molecule has 0 spiro atoms. The first-order valence-corrected chi connectivity index (χ1v) is 6.76. The number of hydrogen-bond donors (Lipinski definition) is 0. The zero-order chi connectivity index (χ0) is 14.7. The molecule has 1 aliphatic carbocycles. The van der Waals surface area contributed by atoms with Gasteiger partial charge < -0.3 is 14.2 Å². The van der Waals surface area contributed by atoms with E-state index < -0.39 is 6.09 Å². The molecule has 0 bridgehead atoms. The van der Waals surface area contributed by atoms with Gasteiger partial charge in [-0.05, 0) is 19.4 Å². The highest BCUT2D eigenvalue weighted by molar-refractivity contribution is 5.91. The highest BCUT2D eigenvalue weighted by Crippen LogP contribution is 2.35. The smallest absolute Gasteiger partial charge is 0.410 e. The lowest BCUT2D eigenvalue weighted by Crippen LogP contribution is -2.59. The minimum atomic E-state index is -0.415. The highest BCUT2D eigenvalue weighted by atomic mass is 16.7. The summed E-state index contributed by atoms with van der Waals surface area (Å²) in [5, 5.41) is 0. The number of methoxy groups -OCH3 is 2. The Labute approximate surface area is 118 Å². The molecule has 6 nitrogen and oxygen atoms in total. The molecule has 112 valence electrons. The van der Waals surface area contributed by atoms with Gasteiger partial charge >= 0.3 is 6.09 Å². The van der Waals surface area contributed by atoms with Crippen LogP contribution in [0.15, 0.2) is 12.2 Å². The lowest BCUT2D eigenvalue weighted by Gasteiger charge is -2.47. The topological polar surface area (TPSA) is 65.1 Å². The predicted octanol–water partition coefficient (Wildman–Crippen LogP) is 1.35. The molecule has 0 aromatic carbocycles. The Morgan fingerprint density at radius 1 is 1.45 bits per heavy atom. The second-order valence-electron chi connectivity index (χ2n) is 5.23. The molecule has 1 amide bonds. The number of piperidine rings is 1. The van der Waals surface area contributed by atoms with Crippen LogP contribution in [0.2, 0.25) is 0 Å². The third-order valence-corrected chi connectivity index (χ3v) is 4.06. The Balaban J connectivity index is 2.22. The van der Waals surface area contributed by atoms with Crippen LogP contribution in [0.3, 0.4) is 0 Å². The number of fused-ring (bicyclic) bond motifs is 1. The first-order valence-electron chi connectivity index (χ1n) is 6.76. The van der Waals surface area contributed by atoms with Gasteiger partial charge in [-0.1, -0.05) is 6.08 Å². The van der Waals surface area contributed by atoms with Gasteiger partial charge in [0.1, 0.15) is 6.79 Å². The Kier molecular flexibility index (Phi) is 4.77. The van der Waals surface area contributed by atoms with Crippen molar-refractivity contribution in [2.24, 2.45) is 5.92 Å². The van der Waals surface area contributed by atoms with Gasteiger partial charge in [0.05, 0.1) is 19.3 Å². The fourth-order valence-electron chi connectivity index (χ4n) is 3.04. The first-order chi connectivity index (χ1) is 9.58. The molecule has 0 unspecified atom stereocenters. The number of carbonyl (C=O) groups excluding carboxylic acids is 2. The molecule has 0 N–H and O–H groups in total. The van der Waals surface area contributed by atoms with Gasteiger partial charge in [-0.15, -0.1) is 0 Å². The monoisotopic (exact) mass is 283 g/mol. The highest BCUT2D eigenvalue weighted by Gasteiger charge is 2.45. The van der Waals surface area contributed by atoms with Gasteiger partial charge in [-0.2, -0.15) is 0 Å². The molecular weight excluding hydrogens is 262 g/mol. The van der Waals surface area contributed by atoms with Crippen molar-refractivity contribution >= 4 is 11.9 Å². The van der Waals surface area contributed by atoms with Gasteiger partial charge in [-0.25, -0.2) is 4.79 Å². The molecule has 1 saturated heterocycles. The third kappa shape index (κ3) is 2.86. The molecule has 0 radical (unpaired) electrons. The molecule has 1 heterocycles. The van der Waals surface area contributed by atoms with E-state index in [9.17, 15) is 9.59 Å². The number of ketones is 1. The van der Waals surface area contributed by atoms with E-state index in [0.717, 1.165) is 6.42 Å². The number of carbonyl (C=O) groups is 2. The van der Waals surface area contributed by atoms with Crippen molar-refractivity contribution in [3.63, 3.8) is 0 Å². The van der Waals surface area contributed by atoms with Crippen LogP contribution in [0.4, 0.5) is 4.79 Å². The van der Waals surface area contributed by atoms with Crippen LogP contribution in [-0.4, -0.2) is 56.0 Å². The minimum Gasteiger partial charge on any atom is -0.453 e. The van der Waals surface area contributed by atoms with Crippen molar-refractivity contribution < 1.29 is 23.8 Å². The molecule has 6 heteroatoms. The van der Waals surface area contributed by atoms with Gasteiger partial charge in [0.25, 0.3) is 0 Å². The summed E-state index contributed by atoms with van der Waals surface area (Å²) >= 11 is 0. The quantitative estimate of drug-likeness (QED) is 0.731. The van der Waals surface area contributed by atoms with Crippen molar-refractivity contribution in [1.29, 1.82) is 0 Å². The predicted molar refractivity (Wildman–Crippen MR) is 71.1 cm³/mol. The normalized spacial score (nSPS) is 33.0. The lowest BCUT2D eigenvalue weighted by atomic mass is 9.79. The summed E-state index contributed by atoms with van der Waals surface area (Å²) in [6, 6.07) is -0.296. The average Bonchev–Trinajstić information content (AvgIpc) is 2.44. The maximum Gasteiger partial charge on any atom is 0.410 e. The fraction of sp³-hybridized carbons (Fsp3) is 0.714. The Morgan fingerprint density at radius 3 is 2.85 bits per heavy atom. The summed E-state index contributed by atoms with van der Waals surface area (Å²) in [6.45, 7) is 2.10. The van der Waals surface area contributed by atoms with E-state index in [-0.39, 0.29) is 36.7 Å². The van der Waals surface area contributed by atoms with Crippen molar-refractivity contribution in [3.05, 3.63) is 12.2 Å². The number of allylic oxidation sites excluding steroid dienone is 1. The van der Waals surface area contributed by atoms with Crippen molar-refractivity contribution in [2.45, 2.75) is 38.0 Å². The Bertz CT molecular complexity index is 408. The summed E-state index contributed by atoms with van der Waals surface area (Å²) < 4.78 is 15.5. The maximum atomic E-state index is 12.0. The van der Waals surface area contributed by atoms with Crippen molar-refractivity contribution in [2.75, 3.05) is 21.0 Å². The summed E-state index contributed by atoms with van der Waals surface area (Å²) in [7, 11) is 2.91. The molecule has 2 aliphatic rings. The molecule has 2 rings (SSSR count). The van der Waals surface area contributed by atoms with E-state index in [0.29, 0.717) is 6.42 Å². The molecule has 0 aromatic rings. The van der Waals surface area contributed by atoms with Gasteiger partial charge in [-0.3, -0.25) is 9.69 Å². The molecule has 4 atom stereocenters. The molecule has 0 saturated carbocycles. The molecular formula is C14H21NO5. The van der Waals surface area contributed by atoms with Gasteiger partial charge in [0.15, 0.2) is 5.78 Å². The second kappa shape index (κ2) is 6.37. The summed E-state index contributed by atoms with van der Waals surface area (Å²) in [5.41, 5.74) is 0. The van der Waals surface area contributed by atoms with E-state index in [4.69, 9.17) is 14.2 Å². The minimum absolute atomic E-state index is 0.0450. The van der Waals surface area contributed by atoms with Crippen LogP contribution in [0.1, 0.15) is 19.8 Å². The number of amides is 1. The molecule has 20 heavy (non-hydrogen) atoms.